The minimum absolute atomic E-state index is 0.272. The third-order valence-corrected chi connectivity index (χ3v) is 3.26. The maximum absolute atomic E-state index is 12.0. The van der Waals surface area contributed by atoms with Gasteiger partial charge in [-0.1, -0.05) is 11.6 Å². The number of primary amides is 1. The number of anilines is 1. The molecule has 1 saturated heterocycles. The van der Waals surface area contributed by atoms with Crippen LogP contribution in [0, 0.1) is 0 Å². The van der Waals surface area contributed by atoms with Crippen LogP contribution in [0.3, 0.4) is 0 Å². The minimum Gasteiger partial charge on any atom is -0.351 e. The Morgan fingerprint density at radius 1 is 1.32 bits per heavy atom. The zero-order valence-corrected chi connectivity index (χ0v) is 11.0. The first kappa shape index (κ1) is 13.5. The summed E-state index contributed by atoms with van der Waals surface area (Å²) in [6, 6.07) is 5.83. The molecule has 0 spiro atoms. The zero-order chi connectivity index (χ0) is 13.8. The minimum atomic E-state index is -0.566. The summed E-state index contributed by atoms with van der Waals surface area (Å²) in [5.41, 5.74) is 11.3. The number of urea groups is 1. The molecule has 0 saturated carbocycles. The van der Waals surface area contributed by atoms with Crippen molar-refractivity contribution in [1.82, 2.24) is 10.3 Å². The Morgan fingerprint density at radius 3 is 2.63 bits per heavy atom. The largest absolute Gasteiger partial charge is 0.351 e. The number of nitrogens with two attached hydrogens (primary N) is 1. The summed E-state index contributed by atoms with van der Waals surface area (Å²) in [6.07, 6.45) is 1.40. The summed E-state index contributed by atoms with van der Waals surface area (Å²) < 4.78 is 0. The van der Waals surface area contributed by atoms with E-state index < -0.39 is 12.1 Å². The fourth-order valence-electron chi connectivity index (χ4n) is 2.05. The number of carbonyl (C=O) groups is 2. The highest BCUT2D eigenvalue weighted by molar-refractivity contribution is 6.30. The van der Waals surface area contributed by atoms with Crippen molar-refractivity contribution in [1.29, 1.82) is 0 Å². The van der Waals surface area contributed by atoms with E-state index in [1.807, 2.05) is 0 Å². The monoisotopic (exact) mass is 282 g/mol. The summed E-state index contributed by atoms with van der Waals surface area (Å²) >= 11 is 5.76. The van der Waals surface area contributed by atoms with Gasteiger partial charge >= 0.3 is 6.03 Å². The highest BCUT2D eigenvalue weighted by Gasteiger charge is 2.32. The first-order valence-corrected chi connectivity index (χ1v) is 6.33. The Kier molecular flexibility index (Phi) is 4.11. The van der Waals surface area contributed by atoms with Gasteiger partial charge in [-0.2, -0.15) is 0 Å². The van der Waals surface area contributed by atoms with Gasteiger partial charge < -0.3 is 10.6 Å². The van der Waals surface area contributed by atoms with Crippen molar-refractivity contribution in [2.24, 2.45) is 5.73 Å². The fraction of sp³-hybridized carbons (Fsp3) is 0.333. The molecule has 0 radical (unpaired) electrons. The smallest absolute Gasteiger partial charge is 0.315 e. The van der Waals surface area contributed by atoms with Crippen molar-refractivity contribution in [2.45, 2.75) is 18.9 Å². The Balaban J connectivity index is 1.90. The summed E-state index contributed by atoms with van der Waals surface area (Å²) in [5, 5.41) is 0.618. The molecular weight excluding hydrogens is 268 g/mol. The molecule has 1 heterocycles. The van der Waals surface area contributed by atoms with Crippen LogP contribution in [0.25, 0.3) is 0 Å². The number of hydrazine groups is 1. The molecule has 1 fully saturated rings. The predicted octanol–water partition coefficient (Wildman–Crippen LogP) is 1.33. The van der Waals surface area contributed by atoms with Crippen molar-refractivity contribution >= 4 is 29.2 Å². The number of halogens is 1. The molecular formula is C12H15ClN4O2. The second-order valence-corrected chi connectivity index (χ2v) is 4.75. The van der Waals surface area contributed by atoms with Crippen molar-refractivity contribution in [2.75, 3.05) is 12.0 Å². The number of likely N-dealkylation sites (tertiary alicyclic amines) is 1. The first-order valence-electron chi connectivity index (χ1n) is 5.95. The standard InChI is InChI=1S/C12H15ClN4O2/c13-8-3-5-9(6-4-8)15-16-11(18)10-2-1-7-17(10)12(14)19/h3-6,10,15H,1-2,7H2,(H2,14,19)(H,16,18). The van der Waals surface area contributed by atoms with Gasteiger partial charge in [-0.15, -0.1) is 0 Å². The molecule has 7 heteroatoms. The van der Waals surface area contributed by atoms with E-state index in [0.717, 1.165) is 6.42 Å². The van der Waals surface area contributed by atoms with Crippen LogP contribution in [0.2, 0.25) is 5.02 Å². The SMILES string of the molecule is NC(=O)N1CCCC1C(=O)NNc1ccc(Cl)cc1. The average molecular weight is 283 g/mol. The molecule has 2 rings (SSSR count). The number of carbonyl (C=O) groups excluding carboxylic acids is 2. The maximum Gasteiger partial charge on any atom is 0.315 e. The van der Waals surface area contributed by atoms with Crippen molar-refractivity contribution in [3.63, 3.8) is 0 Å². The molecule has 1 atom stereocenters. The average Bonchev–Trinajstić information content (AvgIpc) is 2.87. The second kappa shape index (κ2) is 5.79. The summed E-state index contributed by atoms with van der Waals surface area (Å²) in [4.78, 5) is 24.5. The second-order valence-electron chi connectivity index (χ2n) is 4.31. The van der Waals surface area contributed by atoms with Crippen LogP contribution in [0.1, 0.15) is 12.8 Å². The van der Waals surface area contributed by atoms with Crippen LogP contribution in [0.5, 0.6) is 0 Å². The normalized spacial score (nSPS) is 18.2. The van der Waals surface area contributed by atoms with Crippen LogP contribution in [-0.2, 0) is 4.79 Å². The molecule has 1 aromatic rings. The van der Waals surface area contributed by atoms with E-state index in [0.29, 0.717) is 23.7 Å². The molecule has 1 aliphatic rings. The summed E-state index contributed by atoms with van der Waals surface area (Å²) in [6.45, 7) is 0.522. The molecule has 0 aliphatic carbocycles. The van der Waals surface area contributed by atoms with Crippen molar-refractivity contribution < 1.29 is 9.59 Å². The Hall–Kier alpha value is -1.95. The lowest BCUT2D eigenvalue weighted by atomic mass is 10.2. The van der Waals surface area contributed by atoms with Gasteiger partial charge in [-0.05, 0) is 37.1 Å². The van der Waals surface area contributed by atoms with Crippen LogP contribution in [0.15, 0.2) is 24.3 Å². The highest BCUT2D eigenvalue weighted by Crippen LogP contribution is 2.17. The van der Waals surface area contributed by atoms with Gasteiger partial charge in [0.2, 0.25) is 0 Å². The predicted molar refractivity (Wildman–Crippen MR) is 72.5 cm³/mol. The number of hydrogen-bond acceptors (Lipinski definition) is 3. The van der Waals surface area contributed by atoms with E-state index in [2.05, 4.69) is 10.9 Å². The quantitative estimate of drug-likeness (QED) is 0.731. The van der Waals surface area contributed by atoms with Gasteiger partial charge in [-0.25, -0.2) is 4.79 Å². The fourth-order valence-corrected chi connectivity index (χ4v) is 2.18. The van der Waals surface area contributed by atoms with Crippen LogP contribution in [-0.4, -0.2) is 29.4 Å². The Morgan fingerprint density at radius 2 is 2.00 bits per heavy atom. The molecule has 0 aromatic heterocycles. The van der Waals surface area contributed by atoms with Crippen molar-refractivity contribution in [3.8, 4) is 0 Å². The lowest BCUT2D eigenvalue weighted by molar-refractivity contribution is -0.124. The topological polar surface area (TPSA) is 87.5 Å². The summed E-state index contributed by atoms with van der Waals surface area (Å²) in [5.74, 6) is -0.272. The molecule has 4 N–H and O–H groups in total. The van der Waals surface area contributed by atoms with Gasteiger partial charge in [0.25, 0.3) is 5.91 Å². The lowest BCUT2D eigenvalue weighted by Gasteiger charge is -2.22. The van der Waals surface area contributed by atoms with Crippen LogP contribution in [0.4, 0.5) is 10.5 Å². The van der Waals surface area contributed by atoms with Crippen LogP contribution >= 0.6 is 11.6 Å². The van der Waals surface area contributed by atoms with E-state index in [4.69, 9.17) is 17.3 Å². The van der Waals surface area contributed by atoms with Crippen molar-refractivity contribution in [3.05, 3.63) is 29.3 Å². The first-order chi connectivity index (χ1) is 9.08. The van der Waals surface area contributed by atoms with Gasteiger partial charge in [-0.3, -0.25) is 15.6 Å². The molecule has 3 amide bonds. The number of rotatable bonds is 3. The third-order valence-electron chi connectivity index (χ3n) is 3.01. The van der Waals surface area contributed by atoms with E-state index in [-0.39, 0.29) is 5.91 Å². The van der Waals surface area contributed by atoms with Gasteiger partial charge in [0.05, 0.1) is 5.69 Å². The Labute approximate surface area is 115 Å². The molecule has 1 aromatic carbocycles. The maximum atomic E-state index is 12.0. The molecule has 102 valence electrons. The van der Waals surface area contributed by atoms with E-state index in [9.17, 15) is 9.59 Å². The molecule has 1 aliphatic heterocycles. The number of nitrogens with one attached hydrogen (secondary N) is 2. The molecule has 1 unspecified atom stereocenters. The highest BCUT2D eigenvalue weighted by atomic mass is 35.5. The van der Waals surface area contributed by atoms with Gasteiger partial charge in [0, 0.05) is 11.6 Å². The zero-order valence-electron chi connectivity index (χ0n) is 10.2. The summed E-state index contributed by atoms with van der Waals surface area (Å²) in [7, 11) is 0. The molecule has 0 bridgehead atoms. The van der Waals surface area contributed by atoms with E-state index in [1.54, 1.807) is 24.3 Å². The number of nitrogens with zero attached hydrogens (tertiary/aromatic N) is 1. The lowest BCUT2D eigenvalue weighted by Crippen LogP contribution is -2.49. The number of benzene rings is 1. The number of hydrogen-bond donors (Lipinski definition) is 3. The molecule has 19 heavy (non-hydrogen) atoms. The molecule has 6 nitrogen and oxygen atoms in total. The van der Waals surface area contributed by atoms with Crippen LogP contribution < -0.4 is 16.6 Å². The number of amides is 3. The van der Waals surface area contributed by atoms with E-state index >= 15 is 0 Å². The third kappa shape index (κ3) is 3.29. The van der Waals surface area contributed by atoms with E-state index in [1.165, 1.54) is 4.90 Å². The van der Waals surface area contributed by atoms with Gasteiger partial charge in [0.1, 0.15) is 6.04 Å². The van der Waals surface area contributed by atoms with Gasteiger partial charge in [0.15, 0.2) is 0 Å². The Bertz CT molecular complexity index is 477.